The predicted octanol–water partition coefficient (Wildman–Crippen LogP) is 2.02. The Labute approximate surface area is 103 Å². The van der Waals surface area contributed by atoms with Gasteiger partial charge in [0.2, 0.25) is 0 Å². The second-order valence-electron chi connectivity index (χ2n) is 5.08. The first-order valence-corrected chi connectivity index (χ1v) is 6.10. The highest BCUT2D eigenvalue weighted by Gasteiger charge is 2.20. The van der Waals surface area contributed by atoms with Crippen molar-refractivity contribution in [2.45, 2.75) is 53.6 Å². The van der Waals surface area contributed by atoms with Crippen molar-refractivity contribution in [3.05, 3.63) is 21.7 Å². The molecule has 0 spiro atoms. The molecule has 0 radical (unpaired) electrons. The van der Waals surface area contributed by atoms with Gasteiger partial charge >= 0.3 is 5.69 Å². The summed E-state index contributed by atoms with van der Waals surface area (Å²) in [6.07, 6.45) is 0. The maximum atomic E-state index is 11.8. The van der Waals surface area contributed by atoms with E-state index in [1.165, 1.54) is 0 Å². The van der Waals surface area contributed by atoms with Crippen molar-refractivity contribution in [3.8, 4) is 0 Å². The minimum absolute atomic E-state index is 0.186. The molecule has 0 aliphatic carbocycles. The number of rotatable bonds is 3. The lowest BCUT2D eigenvalue weighted by atomic mass is 10.1. The first-order valence-electron chi connectivity index (χ1n) is 6.10. The van der Waals surface area contributed by atoms with Gasteiger partial charge in [-0.3, -0.25) is 4.57 Å². The SMILES string of the molecule is Cc1c(N(C(C)C)C(C)C)nc(=O)n(C)c1C. The average Bonchev–Trinajstić information content (AvgIpc) is 2.21. The summed E-state index contributed by atoms with van der Waals surface area (Å²) in [4.78, 5) is 18.2. The lowest BCUT2D eigenvalue weighted by molar-refractivity contribution is 0.591. The van der Waals surface area contributed by atoms with Crippen LogP contribution in [-0.2, 0) is 7.05 Å². The van der Waals surface area contributed by atoms with E-state index in [0.717, 1.165) is 17.1 Å². The molecule has 17 heavy (non-hydrogen) atoms. The van der Waals surface area contributed by atoms with E-state index in [2.05, 4.69) is 37.6 Å². The van der Waals surface area contributed by atoms with Crippen LogP contribution < -0.4 is 10.6 Å². The van der Waals surface area contributed by atoms with E-state index in [1.54, 1.807) is 11.6 Å². The Bertz CT molecular complexity index is 452. The van der Waals surface area contributed by atoms with Crippen molar-refractivity contribution in [2.75, 3.05) is 4.90 Å². The largest absolute Gasteiger partial charge is 0.351 e. The lowest BCUT2D eigenvalue weighted by Crippen LogP contribution is -2.40. The van der Waals surface area contributed by atoms with Crippen molar-refractivity contribution >= 4 is 5.82 Å². The topological polar surface area (TPSA) is 38.1 Å². The van der Waals surface area contributed by atoms with Crippen molar-refractivity contribution in [1.82, 2.24) is 9.55 Å². The summed E-state index contributed by atoms with van der Waals surface area (Å²) in [5, 5.41) is 0. The normalized spacial score (nSPS) is 11.4. The average molecular weight is 237 g/mol. The van der Waals surface area contributed by atoms with Crippen LogP contribution in [0.3, 0.4) is 0 Å². The summed E-state index contributed by atoms with van der Waals surface area (Å²) >= 11 is 0. The van der Waals surface area contributed by atoms with Crippen LogP contribution >= 0.6 is 0 Å². The molecule has 0 saturated carbocycles. The second-order valence-corrected chi connectivity index (χ2v) is 5.08. The molecule has 4 nitrogen and oxygen atoms in total. The van der Waals surface area contributed by atoms with Gasteiger partial charge in [0.05, 0.1) is 0 Å². The van der Waals surface area contributed by atoms with E-state index in [-0.39, 0.29) is 5.69 Å². The minimum atomic E-state index is -0.186. The highest BCUT2D eigenvalue weighted by molar-refractivity contribution is 5.49. The fraction of sp³-hybridized carbons (Fsp3) is 0.692. The Hall–Kier alpha value is -1.32. The first-order chi connectivity index (χ1) is 7.77. The fourth-order valence-corrected chi connectivity index (χ4v) is 2.14. The van der Waals surface area contributed by atoms with Crippen molar-refractivity contribution in [1.29, 1.82) is 0 Å². The van der Waals surface area contributed by atoms with Gasteiger partial charge in [-0.2, -0.15) is 4.98 Å². The van der Waals surface area contributed by atoms with Crippen molar-refractivity contribution in [2.24, 2.45) is 7.05 Å². The van der Waals surface area contributed by atoms with E-state index < -0.39 is 0 Å². The van der Waals surface area contributed by atoms with Gasteiger partial charge in [-0.15, -0.1) is 0 Å². The van der Waals surface area contributed by atoms with Gasteiger partial charge in [-0.05, 0) is 41.5 Å². The van der Waals surface area contributed by atoms with Crippen LogP contribution in [-0.4, -0.2) is 21.6 Å². The van der Waals surface area contributed by atoms with Crippen LogP contribution in [0.1, 0.15) is 39.0 Å². The van der Waals surface area contributed by atoms with Crippen LogP contribution in [0.2, 0.25) is 0 Å². The third kappa shape index (κ3) is 2.51. The summed E-state index contributed by atoms with van der Waals surface area (Å²) < 4.78 is 1.59. The molecule has 0 aliphatic heterocycles. The zero-order valence-corrected chi connectivity index (χ0v) is 11.9. The first kappa shape index (κ1) is 13.7. The molecule has 1 aromatic rings. The number of nitrogens with zero attached hydrogens (tertiary/aromatic N) is 3. The maximum absolute atomic E-state index is 11.8. The maximum Gasteiger partial charge on any atom is 0.349 e. The van der Waals surface area contributed by atoms with Gasteiger partial charge in [-0.1, -0.05) is 0 Å². The molecule has 0 aromatic carbocycles. The quantitative estimate of drug-likeness (QED) is 0.807. The molecule has 0 aliphatic rings. The van der Waals surface area contributed by atoms with E-state index in [1.807, 2.05) is 13.8 Å². The summed E-state index contributed by atoms with van der Waals surface area (Å²) in [6.45, 7) is 12.5. The molecule has 0 saturated heterocycles. The number of hydrogen-bond donors (Lipinski definition) is 0. The number of aromatic nitrogens is 2. The van der Waals surface area contributed by atoms with E-state index >= 15 is 0 Å². The number of hydrogen-bond acceptors (Lipinski definition) is 3. The predicted molar refractivity (Wildman–Crippen MR) is 71.7 cm³/mol. The molecule has 0 amide bonds. The summed E-state index contributed by atoms with van der Waals surface area (Å²) in [6, 6.07) is 0.653. The minimum Gasteiger partial charge on any atom is -0.351 e. The molecule has 4 heteroatoms. The van der Waals surface area contributed by atoms with Gasteiger partial charge in [-0.25, -0.2) is 4.79 Å². The molecule has 1 aromatic heterocycles. The zero-order chi connectivity index (χ0) is 13.3. The van der Waals surface area contributed by atoms with E-state index in [0.29, 0.717) is 12.1 Å². The summed E-state index contributed by atoms with van der Waals surface area (Å²) in [7, 11) is 1.76. The van der Waals surface area contributed by atoms with Crippen LogP contribution in [0.5, 0.6) is 0 Å². The molecular weight excluding hydrogens is 214 g/mol. The van der Waals surface area contributed by atoms with Crippen LogP contribution in [0.25, 0.3) is 0 Å². The zero-order valence-electron chi connectivity index (χ0n) is 11.9. The summed E-state index contributed by atoms with van der Waals surface area (Å²) in [5.41, 5.74) is 1.87. The van der Waals surface area contributed by atoms with E-state index in [4.69, 9.17) is 0 Å². The molecule has 0 bridgehead atoms. The molecule has 1 heterocycles. The highest BCUT2D eigenvalue weighted by Crippen LogP contribution is 2.22. The number of anilines is 1. The molecule has 1 rings (SSSR count). The van der Waals surface area contributed by atoms with Crippen LogP contribution in [0, 0.1) is 13.8 Å². The Balaban J connectivity index is 3.45. The lowest BCUT2D eigenvalue weighted by Gasteiger charge is -2.33. The van der Waals surface area contributed by atoms with Gasteiger partial charge in [0.25, 0.3) is 0 Å². The molecule has 0 fully saturated rings. The third-order valence-corrected chi connectivity index (χ3v) is 3.23. The monoisotopic (exact) mass is 237 g/mol. The molecule has 0 N–H and O–H groups in total. The Kier molecular flexibility index (Phi) is 3.96. The van der Waals surface area contributed by atoms with Gasteiger partial charge in [0.1, 0.15) is 5.82 Å². The Morgan fingerprint density at radius 1 is 1.12 bits per heavy atom. The Morgan fingerprint density at radius 2 is 1.59 bits per heavy atom. The molecule has 96 valence electrons. The van der Waals surface area contributed by atoms with Gasteiger partial charge in [0, 0.05) is 30.4 Å². The molecular formula is C13H23N3O. The Morgan fingerprint density at radius 3 is 2.00 bits per heavy atom. The fourth-order valence-electron chi connectivity index (χ4n) is 2.14. The molecule has 0 atom stereocenters. The van der Waals surface area contributed by atoms with Gasteiger partial charge in [0.15, 0.2) is 0 Å². The van der Waals surface area contributed by atoms with Crippen LogP contribution in [0.4, 0.5) is 5.82 Å². The van der Waals surface area contributed by atoms with Gasteiger partial charge < -0.3 is 4.90 Å². The molecule has 0 unspecified atom stereocenters. The summed E-state index contributed by atoms with van der Waals surface area (Å²) in [5.74, 6) is 0.815. The van der Waals surface area contributed by atoms with Crippen molar-refractivity contribution in [3.63, 3.8) is 0 Å². The van der Waals surface area contributed by atoms with Crippen LogP contribution in [0.15, 0.2) is 4.79 Å². The second kappa shape index (κ2) is 4.90. The highest BCUT2D eigenvalue weighted by atomic mass is 16.1. The van der Waals surface area contributed by atoms with Crippen molar-refractivity contribution < 1.29 is 0 Å². The smallest absolute Gasteiger partial charge is 0.349 e. The standard InChI is InChI=1S/C13H23N3O/c1-8(2)16(9(3)4)12-10(5)11(6)15(7)13(17)14-12/h8-9H,1-7H3. The third-order valence-electron chi connectivity index (χ3n) is 3.23. The van der Waals surface area contributed by atoms with E-state index in [9.17, 15) is 4.79 Å².